The number of carboxylic acids is 1. The van der Waals surface area contributed by atoms with Crippen molar-refractivity contribution in [3.63, 3.8) is 0 Å². The first-order valence-electron chi connectivity index (χ1n) is 10.4. The molecule has 1 aliphatic heterocycles. The van der Waals surface area contributed by atoms with E-state index in [2.05, 4.69) is 11.8 Å². The summed E-state index contributed by atoms with van der Waals surface area (Å²) >= 11 is 0. The number of aromatic carboxylic acids is 1. The Bertz CT molecular complexity index is 790. The van der Waals surface area contributed by atoms with Crippen molar-refractivity contribution in [1.82, 2.24) is 4.90 Å². The number of carboxylic acid groups (broad SMARTS) is 1. The maximum absolute atomic E-state index is 12.3. The Morgan fingerprint density at radius 3 is 2.90 bits per heavy atom. The third kappa shape index (κ3) is 7.07. The van der Waals surface area contributed by atoms with E-state index >= 15 is 0 Å². The molecular formula is C24H31NO4. The summed E-state index contributed by atoms with van der Waals surface area (Å²) in [5.41, 5.74) is 1.24. The smallest absolute Gasteiger partial charge is 0.335 e. The summed E-state index contributed by atoms with van der Waals surface area (Å²) in [6, 6.07) is 6.94. The van der Waals surface area contributed by atoms with Gasteiger partial charge in [-0.25, -0.2) is 4.79 Å². The number of nitrogens with zero attached hydrogens (tertiary/aromatic N) is 1. The molecule has 0 unspecified atom stereocenters. The molecule has 2 N–H and O–H groups in total. The molecule has 0 saturated carbocycles. The van der Waals surface area contributed by atoms with E-state index in [0.717, 1.165) is 31.2 Å². The molecule has 5 nitrogen and oxygen atoms in total. The number of rotatable bonds is 9. The van der Waals surface area contributed by atoms with Crippen LogP contribution in [0.5, 0.6) is 0 Å². The summed E-state index contributed by atoms with van der Waals surface area (Å²) in [6.07, 6.45) is 7.42. The molecule has 1 amide bonds. The molecule has 1 fully saturated rings. The highest BCUT2D eigenvalue weighted by Gasteiger charge is 2.28. The number of hydrogen-bond donors (Lipinski definition) is 2. The van der Waals surface area contributed by atoms with E-state index in [1.807, 2.05) is 30.9 Å². The van der Waals surface area contributed by atoms with E-state index in [9.17, 15) is 14.7 Å². The minimum Gasteiger partial charge on any atom is -0.478 e. The van der Waals surface area contributed by atoms with Gasteiger partial charge in [0.15, 0.2) is 0 Å². The fraction of sp³-hybridized carbons (Fsp3) is 0.500. The monoisotopic (exact) mass is 397 g/mol. The van der Waals surface area contributed by atoms with Crippen LogP contribution in [-0.2, 0) is 11.2 Å². The lowest BCUT2D eigenvalue weighted by Crippen LogP contribution is -2.33. The number of amides is 1. The number of carbonyl (C=O) groups is 2. The van der Waals surface area contributed by atoms with Crippen LogP contribution >= 0.6 is 0 Å². The number of likely N-dealkylation sites (tertiary alicyclic amines) is 1. The molecule has 0 aliphatic carbocycles. The minimum absolute atomic E-state index is 0.0106. The van der Waals surface area contributed by atoms with Gasteiger partial charge < -0.3 is 15.1 Å². The van der Waals surface area contributed by atoms with Crippen molar-refractivity contribution in [2.75, 3.05) is 6.54 Å². The molecule has 1 aromatic carbocycles. The van der Waals surface area contributed by atoms with Crippen LogP contribution in [-0.4, -0.2) is 45.7 Å². The largest absolute Gasteiger partial charge is 0.478 e. The Kier molecular flexibility index (Phi) is 8.95. The number of hydrogen-bond acceptors (Lipinski definition) is 3. The van der Waals surface area contributed by atoms with Crippen LogP contribution < -0.4 is 0 Å². The molecule has 0 spiro atoms. The van der Waals surface area contributed by atoms with E-state index in [1.54, 1.807) is 24.3 Å². The van der Waals surface area contributed by atoms with Gasteiger partial charge in [0.2, 0.25) is 5.91 Å². The summed E-state index contributed by atoms with van der Waals surface area (Å²) in [6.45, 7) is 4.60. The molecule has 3 atom stereocenters. The molecule has 0 radical (unpaired) electrons. The number of carbonyl (C=O) groups excluding carboxylic acids is 1. The zero-order chi connectivity index (χ0) is 21.2. The van der Waals surface area contributed by atoms with Crippen molar-refractivity contribution in [1.29, 1.82) is 0 Å². The normalized spacial score (nSPS) is 18.5. The van der Waals surface area contributed by atoms with Gasteiger partial charge in [-0.3, -0.25) is 4.79 Å². The summed E-state index contributed by atoms with van der Waals surface area (Å²) in [5, 5.41) is 19.4. The Labute approximate surface area is 173 Å². The molecule has 5 heteroatoms. The highest BCUT2D eigenvalue weighted by atomic mass is 16.4. The highest BCUT2D eigenvalue weighted by Crippen LogP contribution is 2.22. The first-order chi connectivity index (χ1) is 13.9. The molecule has 0 aromatic heterocycles. The van der Waals surface area contributed by atoms with Gasteiger partial charge >= 0.3 is 5.97 Å². The van der Waals surface area contributed by atoms with E-state index in [0.29, 0.717) is 19.4 Å². The van der Waals surface area contributed by atoms with Crippen molar-refractivity contribution in [3.8, 4) is 11.8 Å². The van der Waals surface area contributed by atoms with Gasteiger partial charge in [0, 0.05) is 25.8 Å². The van der Waals surface area contributed by atoms with Crippen molar-refractivity contribution >= 4 is 11.9 Å². The molecule has 0 bridgehead atoms. The van der Waals surface area contributed by atoms with Crippen molar-refractivity contribution in [3.05, 3.63) is 47.5 Å². The van der Waals surface area contributed by atoms with E-state index < -0.39 is 12.1 Å². The molecule has 156 valence electrons. The lowest BCUT2D eigenvalue weighted by molar-refractivity contribution is -0.128. The first kappa shape index (κ1) is 22.7. The van der Waals surface area contributed by atoms with Crippen LogP contribution in [0.3, 0.4) is 0 Å². The summed E-state index contributed by atoms with van der Waals surface area (Å²) in [7, 11) is 0. The second kappa shape index (κ2) is 11.4. The van der Waals surface area contributed by atoms with Crippen molar-refractivity contribution < 1.29 is 19.8 Å². The van der Waals surface area contributed by atoms with Gasteiger partial charge in [0.25, 0.3) is 0 Å². The van der Waals surface area contributed by atoms with Crippen LogP contribution in [0.15, 0.2) is 36.4 Å². The fourth-order valence-electron chi connectivity index (χ4n) is 3.47. The van der Waals surface area contributed by atoms with E-state index in [-0.39, 0.29) is 23.4 Å². The number of benzene rings is 1. The topological polar surface area (TPSA) is 77.8 Å². The Morgan fingerprint density at radius 1 is 1.38 bits per heavy atom. The second-order valence-electron chi connectivity index (χ2n) is 7.57. The summed E-state index contributed by atoms with van der Waals surface area (Å²) in [5.74, 6) is 5.35. The van der Waals surface area contributed by atoms with Gasteiger partial charge in [-0.2, -0.15) is 0 Å². The van der Waals surface area contributed by atoms with Gasteiger partial charge in [-0.05, 0) is 42.9 Å². The maximum atomic E-state index is 12.3. The van der Waals surface area contributed by atoms with Crippen LogP contribution in [0.2, 0.25) is 0 Å². The lowest BCUT2D eigenvalue weighted by Gasteiger charge is -2.23. The molecule has 29 heavy (non-hydrogen) atoms. The Balaban J connectivity index is 1.88. The van der Waals surface area contributed by atoms with E-state index in [4.69, 9.17) is 5.11 Å². The van der Waals surface area contributed by atoms with Gasteiger partial charge in [-0.15, -0.1) is 11.8 Å². The number of aliphatic hydroxyl groups is 1. The van der Waals surface area contributed by atoms with E-state index in [1.165, 1.54) is 0 Å². The summed E-state index contributed by atoms with van der Waals surface area (Å²) < 4.78 is 0. The third-order valence-electron chi connectivity index (χ3n) is 5.25. The molecule has 1 heterocycles. The molecule has 2 rings (SSSR count). The van der Waals surface area contributed by atoms with Crippen LogP contribution in [0.4, 0.5) is 0 Å². The fourth-order valence-corrected chi connectivity index (χ4v) is 3.47. The minimum atomic E-state index is -0.930. The average molecular weight is 398 g/mol. The predicted molar refractivity (Wildman–Crippen MR) is 113 cm³/mol. The predicted octanol–water partition coefficient (Wildman–Crippen LogP) is 3.67. The van der Waals surface area contributed by atoms with Crippen molar-refractivity contribution in [2.24, 2.45) is 5.92 Å². The van der Waals surface area contributed by atoms with Gasteiger partial charge in [0.1, 0.15) is 0 Å². The summed E-state index contributed by atoms with van der Waals surface area (Å²) in [4.78, 5) is 25.2. The van der Waals surface area contributed by atoms with Gasteiger partial charge in [0.05, 0.1) is 17.7 Å². The maximum Gasteiger partial charge on any atom is 0.335 e. The second-order valence-corrected chi connectivity index (χ2v) is 7.57. The number of aliphatic hydroxyl groups excluding tert-OH is 1. The van der Waals surface area contributed by atoms with Crippen LogP contribution in [0.25, 0.3) is 0 Å². The standard InChI is InChI=1S/C24H31NO4/c1-3-4-5-8-18(2)22(26)14-12-21-13-15-23(27)25(21)16-7-10-19-9-6-11-20(17-19)24(28)29/h6,9,11-12,14,17-18,21-22,26H,3,7-8,10,13,15-16H2,1-2H3,(H,28,29)/t18-,21-,22-/m0/s1. The first-order valence-corrected chi connectivity index (χ1v) is 10.4. The van der Waals surface area contributed by atoms with Crippen LogP contribution in [0.1, 0.15) is 61.9 Å². The zero-order valence-corrected chi connectivity index (χ0v) is 17.3. The Morgan fingerprint density at radius 2 is 2.17 bits per heavy atom. The molecule has 1 aromatic rings. The third-order valence-corrected chi connectivity index (χ3v) is 5.25. The molecular weight excluding hydrogens is 366 g/mol. The highest BCUT2D eigenvalue weighted by molar-refractivity contribution is 5.87. The average Bonchev–Trinajstić information content (AvgIpc) is 3.06. The quantitative estimate of drug-likeness (QED) is 0.492. The van der Waals surface area contributed by atoms with Gasteiger partial charge in [-0.1, -0.05) is 38.1 Å². The SMILES string of the molecule is CCC#CC[C@H](C)[C@@H](O)C=C[C@H]1CCC(=O)N1CCCc1cccc(C(=O)O)c1. The zero-order valence-electron chi connectivity index (χ0n) is 17.3. The van der Waals surface area contributed by atoms with Crippen molar-refractivity contribution in [2.45, 2.75) is 64.5 Å². The molecule has 1 aliphatic rings. The number of aryl methyl sites for hydroxylation is 1. The lowest BCUT2D eigenvalue weighted by atomic mass is 10.00. The van der Waals surface area contributed by atoms with Crippen LogP contribution in [0, 0.1) is 17.8 Å². The molecule has 1 saturated heterocycles. The Hall–Kier alpha value is -2.58.